The van der Waals surface area contributed by atoms with E-state index in [0.29, 0.717) is 12.5 Å². The summed E-state index contributed by atoms with van der Waals surface area (Å²) in [5, 5.41) is 0. The fourth-order valence-electron chi connectivity index (χ4n) is 2.96. The van der Waals surface area contributed by atoms with Crippen molar-refractivity contribution in [2.75, 3.05) is 6.54 Å². The first-order chi connectivity index (χ1) is 11.2. The maximum Gasteiger partial charge on any atom is 0.123 e. The van der Waals surface area contributed by atoms with Crippen molar-refractivity contribution in [2.45, 2.75) is 46.0 Å². The van der Waals surface area contributed by atoms with E-state index in [9.17, 15) is 4.39 Å². The minimum atomic E-state index is -0.180. The van der Waals surface area contributed by atoms with E-state index in [1.54, 1.807) is 12.1 Å². The summed E-state index contributed by atoms with van der Waals surface area (Å²) < 4.78 is 13.6. The Morgan fingerprint density at radius 1 is 1.30 bits per heavy atom. The molecule has 0 amide bonds. The van der Waals surface area contributed by atoms with Crippen molar-refractivity contribution in [3.63, 3.8) is 0 Å². The summed E-state index contributed by atoms with van der Waals surface area (Å²) in [5.41, 5.74) is 8.29. The molecule has 2 unspecified atom stereocenters. The first kappa shape index (κ1) is 21.1. The van der Waals surface area contributed by atoms with Crippen LogP contribution < -0.4 is 5.73 Å². The molecule has 0 spiro atoms. The first-order valence-electron chi connectivity index (χ1n) is 8.29. The molecule has 0 radical (unpaired) electrons. The van der Waals surface area contributed by atoms with Crippen molar-refractivity contribution in [1.29, 1.82) is 0 Å². The SMILES string of the molecule is C#C.C/C=C\C(=C/CC)C(c1cccc(F)c1)C(CN)CCC. The number of allylic oxidation sites excluding steroid dienone is 4. The Labute approximate surface area is 141 Å². The molecule has 2 atom stereocenters. The average Bonchev–Trinajstić information content (AvgIpc) is 2.56. The van der Waals surface area contributed by atoms with Crippen molar-refractivity contribution >= 4 is 0 Å². The number of halogens is 1. The zero-order valence-electron chi connectivity index (χ0n) is 14.6. The molecule has 1 nitrogen and oxygen atoms in total. The highest BCUT2D eigenvalue weighted by molar-refractivity contribution is 5.36. The minimum absolute atomic E-state index is 0.168. The van der Waals surface area contributed by atoms with Gasteiger partial charge in [-0.2, -0.15) is 0 Å². The van der Waals surface area contributed by atoms with Gasteiger partial charge < -0.3 is 5.73 Å². The van der Waals surface area contributed by atoms with Crippen molar-refractivity contribution < 1.29 is 4.39 Å². The van der Waals surface area contributed by atoms with E-state index in [2.05, 4.69) is 38.8 Å². The molecule has 2 heteroatoms. The van der Waals surface area contributed by atoms with Crippen LogP contribution in [0.1, 0.15) is 51.5 Å². The molecular formula is C21H30FN. The summed E-state index contributed by atoms with van der Waals surface area (Å²) in [4.78, 5) is 0. The van der Waals surface area contributed by atoms with Crippen LogP contribution in [0.3, 0.4) is 0 Å². The lowest BCUT2D eigenvalue weighted by molar-refractivity contribution is 0.436. The molecule has 0 aliphatic carbocycles. The van der Waals surface area contributed by atoms with Crippen LogP contribution in [0.5, 0.6) is 0 Å². The Morgan fingerprint density at radius 3 is 2.48 bits per heavy atom. The smallest absolute Gasteiger partial charge is 0.123 e. The van der Waals surface area contributed by atoms with Gasteiger partial charge in [0.1, 0.15) is 5.82 Å². The van der Waals surface area contributed by atoms with Crippen LogP contribution in [0, 0.1) is 24.6 Å². The summed E-state index contributed by atoms with van der Waals surface area (Å²) >= 11 is 0. The van der Waals surface area contributed by atoms with Crippen LogP contribution in [0.4, 0.5) is 4.39 Å². The lowest BCUT2D eigenvalue weighted by atomic mass is 9.77. The van der Waals surface area contributed by atoms with Gasteiger partial charge in [0.15, 0.2) is 0 Å². The van der Waals surface area contributed by atoms with E-state index in [4.69, 9.17) is 5.73 Å². The number of benzene rings is 1. The van der Waals surface area contributed by atoms with Crippen molar-refractivity contribution in [2.24, 2.45) is 11.7 Å². The predicted octanol–water partition coefficient (Wildman–Crippen LogP) is 5.45. The highest BCUT2D eigenvalue weighted by atomic mass is 19.1. The van der Waals surface area contributed by atoms with Crippen LogP contribution in [0.15, 0.2) is 48.1 Å². The molecule has 0 fully saturated rings. The predicted molar refractivity (Wildman–Crippen MR) is 99.7 cm³/mol. The molecule has 1 aromatic rings. The Kier molecular flexibility index (Phi) is 11.7. The monoisotopic (exact) mass is 315 g/mol. The number of hydrogen-bond donors (Lipinski definition) is 1. The quantitative estimate of drug-likeness (QED) is 0.501. The van der Waals surface area contributed by atoms with Crippen molar-refractivity contribution in [3.05, 3.63) is 59.4 Å². The highest BCUT2D eigenvalue weighted by Crippen LogP contribution is 2.35. The molecule has 0 saturated carbocycles. The van der Waals surface area contributed by atoms with Crippen LogP contribution in [-0.2, 0) is 0 Å². The van der Waals surface area contributed by atoms with Gasteiger partial charge in [-0.15, -0.1) is 12.8 Å². The van der Waals surface area contributed by atoms with E-state index < -0.39 is 0 Å². The average molecular weight is 315 g/mol. The number of hydrogen-bond acceptors (Lipinski definition) is 1. The maximum absolute atomic E-state index is 13.6. The van der Waals surface area contributed by atoms with Crippen LogP contribution >= 0.6 is 0 Å². The Morgan fingerprint density at radius 2 is 2.00 bits per heavy atom. The summed E-state index contributed by atoms with van der Waals surface area (Å²) in [6.07, 6.45) is 17.5. The van der Waals surface area contributed by atoms with E-state index in [1.807, 2.05) is 19.1 Å². The number of rotatable bonds is 8. The van der Waals surface area contributed by atoms with E-state index in [1.165, 1.54) is 11.6 Å². The van der Waals surface area contributed by atoms with Gasteiger partial charge in [-0.1, -0.05) is 50.6 Å². The molecule has 23 heavy (non-hydrogen) atoms. The second-order valence-corrected chi connectivity index (χ2v) is 5.43. The third kappa shape index (κ3) is 6.84. The molecule has 126 valence electrons. The molecule has 0 heterocycles. The van der Waals surface area contributed by atoms with Gasteiger partial charge in [0.2, 0.25) is 0 Å². The van der Waals surface area contributed by atoms with Gasteiger partial charge in [0.05, 0.1) is 0 Å². The van der Waals surface area contributed by atoms with E-state index in [0.717, 1.165) is 24.8 Å². The normalized spacial score (nSPS) is 14.1. The zero-order valence-corrected chi connectivity index (χ0v) is 14.6. The highest BCUT2D eigenvalue weighted by Gasteiger charge is 2.24. The lowest BCUT2D eigenvalue weighted by Gasteiger charge is -2.28. The molecule has 2 N–H and O–H groups in total. The van der Waals surface area contributed by atoms with E-state index >= 15 is 0 Å². The third-order valence-electron chi connectivity index (χ3n) is 3.80. The number of nitrogens with two attached hydrogens (primary N) is 1. The number of terminal acetylenes is 1. The molecule has 0 saturated heterocycles. The summed E-state index contributed by atoms with van der Waals surface area (Å²) in [6.45, 7) is 6.94. The molecule has 0 bridgehead atoms. The van der Waals surface area contributed by atoms with Gasteiger partial charge in [-0.25, -0.2) is 4.39 Å². The van der Waals surface area contributed by atoms with Crippen molar-refractivity contribution in [3.8, 4) is 12.8 Å². The Hall–Kier alpha value is -1.85. The van der Waals surface area contributed by atoms with Gasteiger partial charge in [0, 0.05) is 5.92 Å². The Balaban J connectivity index is 0.00000232. The van der Waals surface area contributed by atoms with Crippen LogP contribution in [-0.4, -0.2) is 6.54 Å². The topological polar surface area (TPSA) is 26.0 Å². The summed E-state index contributed by atoms with van der Waals surface area (Å²) in [6, 6.07) is 6.95. The van der Waals surface area contributed by atoms with Gasteiger partial charge >= 0.3 is 0 Å². The Bertz CT molecular complexity index is 514. The summed E-state index contributed by atoms with van der Waals surface area (Å²) in [7, 11) is 0. The molecular weight excluding hydrogens is 285 g/mol. The van der Waals surface area contributed by atoms with Crippen molar-refractivity contribution in [1.82, 2.24) is 0 Å². The standard InChI is InChI=1S/C19H28FN.C2H2/c1-4-8-15(9-5-2)19(17(14-21)10-6-3)16-11-7-12-18(20)13-16;1-2/h4,7-9,11-13,17,19H,5-6,10,14,21H2,1-3H3;1-2H/b8-4-,15-9+;. The first-order valence-corrected chi connectivity index (χ1v) is 8.29. The molecule has 0 aromatic heterocycles. The van der Waals surface area contributed by atoms with Crippen LogP contribution in [0.2, 0.25) is 0 Å². The van der Waals surface area contributed by atoms with Gasteiger partial charge in [-0.3, -0.25) is 0 Å². The van der Waals surface area contributed by atoms with E-state index in [-0.39, 0.29) is 11.7 Å². The van der Waals surface area contributed by atoms with Gasteiger partial charge in [-0.05, 0) is 55.5 Å². The second-order valence-electron chi connectivity index (χ2n) is 5.43. The molecule has 0 aliphatic heterocycles. The van der Waals surface area contributed by atoms with Gasteiger partial charge in [0.25, 0.3) is 0 Å². The largest absolute Gasteiger partial charge is 0.330 e. The summed E-state index contributed by atoms with van der Waals surface area (Å²) in [5.74, 6) is 0.327. The van der Waals surface area contributed by atoms with Crippen LogP contribution in [0.25, 0.3) is 0 Å². The molecule has 1 aromatic carbocycles. The molecule has 0 aliphatic rings. The fourth-order valence-corrected chi connectivity index (χ4v) is 2.96. The second kappa shape index (κ2) is 12.7. The maximum atomic E-state index is 13.6. The molecule has 1 rings (SSSR count). The fraction of sp³-hybridized carbons (Fsp3) is 0.429. The minimum Gasteiger partial charge on any atom is -0.330 e. The third-order valence-corrected chi connectivity index (χ3v) is 3.80. The lowest BCUT2D eigenvalue weighted by Crippen LogP contribution is -2.23. The zero-order chi connectivity index (χ0) is 17.7.